The van der Waals surface area contributed by atoms with Crippen molar-refractivity contribution in [3.63, 3.8) is 0 Å². The molecule has 0 aliphatic carbocycles. The van der Waals surface area contributed by atoms with E-state index in [1.807, 2.05) is 9.80 Å². The van der Waals surface area contributed by atoms with Gasteiger partial charge in [-0.3, -0.25) is 19.4 Å². The van der Waals surface area contributed by atoms with Crippen LogP contribution in [-0.2, 0) is 16.0 Å². The van der Waals surface area contributed by atoms with Crippen molar-refractivity contribution in [1.82, 2.24) is 14.7 Å². The van der Waals surface area contributed by atoms with E-state index >= 15 is 0 Å². The topological polar surface area (TPSA) is 64.1 Å². The first-order valence-electron chi connectivity index (χ1n) is 14.4. The number of aliphatic carboxylic acids is 1. The maximum atomic E-state index is 12.6. The van der Waals surface area contributed by atoms with Crippen LogP contribution in [0.15, 0.2) is 42.5 Å². The summed E-state index contributed by atoms with van der Waals surface area (Å²) >= 11 is 0. The normalized spacial score (nSPS) is 18.1. The lowest BCUT2D eigenvalue weighted by molar-refractivity contribution is -0.140. The molecule has 4 rings (SSSR count). The fourth-order valence-corrected chi connectivity index (χ4v) is 5.14. The second-order valence-corrected chi connectivity index (χ2v) is 12.0. The summed E-state index contributed by atoms with van der Waals surface area (Å²) in [5.41, 5.74) is 7.04. The van der Waals surface area contributed by atoms with E-state index in [2.05, 4.69) is 103 Å². The van der Waals surface area contributed by atoms with E-state index in [0.717, 1.165) is 25.9 Å². The Hall–Kier alpha value is -2.70. The summed E-state index contributed by atoms with van der Waals surface area (Å²) in [6.45, 7) is 21.8. The van der Waals surface area contributed by atoms with Crippen LogP contribution in [-0.4, -0.2) is 83.0 Å². The van der Waals surface area contributed by atoms with Gasteiger partial charge in [-0.25, -0.2) is 0 Å². The lowest BCUT2D eigenvalue weighted by atomic mass is 10.0. The number of likely N-dealkylation sites (tertiary alicyclic amines) is 1. The molecule has 2 aromatic carbocycles. The Morgan fingerprint density at radius 2 is 1.46 bits per heavy atom. The molecular formula is C33H51N3O3. The minimum atomic E-state index is -0.800. The Bertz CT molecular complexity index is 1050. The summed E-state index contributed by atoms with van der Waals surface area (Å²) in [4.78, 5) is 29.4. The van der Waals surface area contributed by atoms with E-state index in [1.54, 1.807) is 0 Å². The summed E-state index contributed by atoms with van der Waals surface area (Å²) in [6.07, 6.45) is 2.08. The van der Waals surface area contributed by atoms with E-state index in [-0.39, 0.29) is 23.9 Å². The molecule has 2 aromatic rings. The van der Waals surface area contributed by atoms with Crippen LogP contribution in [0.25, 0.3) is 0 Å². The number of aryl methyl sites for hydroxylation is 5. The fourth-order valence-electron chi connectivity index (χ4n) is 5.14. The molecule has 0 bridgehead atoms. The highest BCUT2D eigenvalue weighted by Gasteiger charge is 2.36. The lowest BCUT2D eigenvalue weighted by Gasteiger charge is -2.35. The van der Waals surface area contributed by atoms with Crippen molar-refractivity contribution in [2.24, 2.45) is 5.92 Å². The fraction of sp³-hybridized carbons (Fsp3) is 0.576. The maximum absolute atomic E-state index is 12.6. The molecule has 6 nitrogen and oxygen atoms in total. The van der Waals surface area contributed by atoms with Gasteiger partial charge in [-0.1, -0.05) is 66.1 Å². The largest absolute Gasteiger partial charge is 0.480 e. The molecule has 1 atom stereocenters. The predicted octanol–water partition coefficient (Wildman–Crippen LogP) is 5.50. The molecule has 0 spiro atoms. The summed E-state index contributed by atoms with van der Waals surface area (Å²) < 4.78 is 0. The molecule has 0 aromatic heterocycles. The highest BCUT2D eigenvalue weighted by molar-refractivity contribution is 5.79. The monoisotopic (exact) mass is 537 g/mol. The van der Waals surface area contributed by atoms with Crippen LogP contribution in [0, 0.1) is 33.6 Å². The molecule has 1 amide bonds. The first-order chi connectivity index (χ1) is 18.3. The van der Waals surface area contributed by atoms with Gasteiger partial charge in [-0.15, -0.1) is 0 Å². The highest BCUT2D eigenvalue weighted by atomic mass is 16.4. The molecule has 1 unspecified atom stereocenters. The van der Waals surface area contributed by atoms with E-state index in [9.17, 15) is 9.59 Å². The van der Waals surface area contributed by atoms with Crippen molar-refractivity contribution in [3.05, 3.63) is 70.3 Å². The van der Waals surface area contributed by atoms with E-state index in [1.165, 1.54) is 27.8 Å². The molecule has 2 saturated heterocycles. The zero-order chi connectivity index (χ0) is 29.2. The van der Waals surface area contributed by atoms with Gasteiger partial charge in [0, 0.05) is 38.3 Å². The van der Waals surface area contributed by atoms with E-state index in [0.29, 0.717) is 26.2 Å². The molecule has 0 radical (unpaired) electrons. The van der Waals surface area contributed by atoms with Crippen molar-refractivity contribution >= 4 is 11.9 Å². The van der Waals surface area contributed by atoms with Gasteiger partial charge >= 0.3 is 5.97 Å². The van der Waals surface area contributed by atoms with Gasteiger partial charge in [0.2, 0.25) is 5.91 Å². The van der Waals surface area contributed by atoms with Gasteiger partial charge < -0.3 is 10.0 Å². The van der Waals surface area contributed by atoms with Crippen LogP contribution in [0.4, 0.5) is 0 Å². The summed E-state index contributed by atoms with van der Waals surface area (Å²) in [5.74, 6) is -0.446. The zero-order valence-electron chi connectivity index (χ0n) is 25.6. The van der Waals surface area contributed by atoms with Crippen LogP contribution in [0.3, 0.4) is 0 Å². The average molecular weight is 538 g/mol. The van der Waals surface area contributed by atoms with Gasteiger partial charge in [0.05, 0.1) is 12.5 Å². The maximum Gasteiger partial charge on any atom is 0.317 e. The van der Waals surface area contributed by atoms with Gasteiger partial charge in [-0.2, -0.15) is 0 Å². The first kappa shape index (κ1) is 32.5. The Morgan fingerprint density at radius 3 is 1.90 bits per heavy atom. The molecule has 2 fully saturated rings. The predicted molar refractivity (Wildman–Crippen MR) is 161 cm³/mol. The second kappa shape index (κ2) is 15.2. The van der Waals surface area contributed by atoms with Crippen molar-refractivity contribution in [2.45, 2.75) is 73.8 Å². The number of rotatable bonds is 4. The standard InChI is InChI=1S/C15H27N3O3.C10H14.C8H10/c1-15(2,3)18-5-4-12(10-18)14(21)17-8-6-16(7-9-17)11-13(19)20;1-4-10-7-8(2)5-6-9(10)3;1-7-4-3-5-8(2)6-7/h12H,4-11H2,1-3H3,(H,19,20);5-7H,4H2,1-3H3;3-6H,1-2H3. The SMILES string of the molecule is CC(C)(C)N1CCC(C(=O)N2CCN(CC(=O)O)CC2)C1.CCc1cc(C)ccc1C.Cc1cccc(C)c1. The number of amides is 1. The van der Waals surface area contributed by atoms with Crippen molar-refractivity contribution in [3.8, 4) is 0 Å². The lowest BCUT2D eigenvalue weighted by Crippen LogP contribution is -2.51. The number of hydrogen-bond donors (Lipinski definition) is 1. The summed E-state index contributed by atoms with van der Waals surface area (Å²) in [7, 11) is 0. The van der Waals surface area contributed by atoms with Crippen molar-refractivity contribution < 1.29 is 14.7 Å². The Kier molecular flexibility index (Phi) is 12.7. The number of nitrogens with zero attached hydrogens (tertiary/aromatic N) is 3. The number of carbonyl (C=O) groups excluding carboxylic acids is 1. The Balaban J connectivity index is 0.000000243. The van der Waals surface area contributed by atoms with E-state index < -0.39 is 5.97 Å². The van der Waals surface area contributed by atoms with Crippen molar-refractivity contribution in [2.75, 3.05) is 45.8 Å². The average Bonchev–Trinajstić information content (AvgIpc) is 3.37. The Labute approximate surface area is 237 Å². The third-order valence-corrected chi connectivity index (χ3v) is 7.59. The molecule has 2 aliphatic heterocycles. The van der Waals surface area contributed by atoms with Crippen LogP contribution >= 0.6 is 0 Å². The molecule has 6 heteroatoms. The van der Waals surface area contributed by atoms with Gasteiger partial charge in [0.15, 0.2) is 0 Å². The molecular weight excluding hydrogens is 486 g/mol. The summed E-state index contributed by atoms with van der Waals surface area (Å²) in [5, 5.41) is 8.79. The Morgan fingerprint density at radius 1 is 0.872 bits per heavy atom. The van der Waals surface area contributed by atoms with Gasteiger partial charge in [0.1, 0.15) is 0 Å². The number of carboxylic acid groups (broad SMARTS) is 1. The number of hydrogen-bond acceptors (Lipinski definition) is 4. The second-order valence-electron chi connectivity index (χ2n) is 12.0. The number of benzene rings is 2. The van der Waals surface area contributed by atoms with Crippen LogP contribution in [0.2, 0.25) is 0 Å². The zero-order valence-corrected chi connectivity index (χ0v) is 25.6. The van der Waals surface area contributed by atoms with Crippen LogP contribution in [0.5, 0.6) is 0 Å². The summed E-state index contributed by atoms with van der Waals surface area (Å²) in [6, 6.07) is 15.1. The molecule has 1 N–H and O–H groups in total. The van der Waals surface area contributed by atoms with Crippen molar-refractivity contribution in [1.29, 1.82) is 0 Å². The molecule has 2 aliphatic rings. The smallest absolute Gasteiger partial charge is 0.317 e. The molecule has 2 heterocycles. The minimum Gasteiger partial charge on any atom is -0.480 e. The third-order valence-electron chi connectivity index (χ3n) is 7.59. The van der Waals surface area contributed by atoms with Gasteiger partial charge in [0.25, 0.3) is 0 Å². The first-order valence-corrected chi connectivity index (χ1v) is 14.4. The molecule has 0 saturated carbocycles. The quantitative estimate of drug-likeness (QED) is 0.558. The number of piperazine rings is 1. The molecule has 216 valence electrons. The molecule has 39 heavy (non-hydrogen) atoms. The number of carboxylic acids is 1. The number of carbonyl (C=O) groups is 2. The highest BCUT2D eigenvalue weighted by Crippen LogP contribution is 2.26. The third kappa shape index (κ3) is 11.1. The van der Waals surface area contributed by atoms with E-state index in [4.69, 9.17) is 5.11 Å². The van der Waals surface area contributed by atoms with Crippen LogP contribution < -0.4 is 0 Å². The van der Waals surface area contributed by atoms with Crippen LogP contribution in [0.1, 0.15) is 61.9 Å². The van der Waals surface area contributed by atoms with Gasteiger partial charge in [-0.05, 0) is 79.0 Å². The minimum absolute atomic E-state index is 0.0727.